The Kier molecular flexibility index (Phi) is 9.34. The molecule has 0 aliphatic rings. The van der Waals surface area contributed by atoms with E-state index in [4.69, 9.17) is 32.5 Å². The molecule has 184 valence electrons. The summed E-state index contributed by atoms with van der Waals surface area (Å²) in [6, 6.07) is 12.5. The maximum atomic E-state index is 11.9. The number of halogens is 2. The highest BCUT2D eigenvalue weighted by atomic mass is 35.5. The minimum atomic E-state index is -0.376. The molecule has 9 heteroatoms. The molecule has 2 aromatic carbocycles. The van der Waals surface area contributed by atoms with Crippen molar-refractivity contribution in [1.29, 1.82) is 0 Å². The number of nitrogens with one attached hydrogen (secondary N) is 1. The van der Waals surface area contributed by atoms with E-state index < -0.39 is 0 Å². The van der Waals surface area contributed by atoms with E-state index in [0.717, 1.165) is 11.1 Å². The first kappa shape index (κ1) is 26.3. The quantitative estimate of drug-likeness (QED) is 0.260. The molecule has 0 aliphatic heterocycles. The van der Waals surface area contributed by atoms with Crippen LogP contribution in [0.5, 0.6) is 5.75 Å². The molecule has 0 saturated carbocycles. The van der Waals surface area contributed by atoms with Crippen LogP contribution in [0.15, 0.2) is 53.1 Å². The third-order valence-corrected chi connectivity index (χ3v) is 5.72. The number of ether oxygens (including phenoxy) is 2. The number of nitrogens with zero attached hydrogens (tertiary/aromatic N) is 1. The zero-order valence-corrected chi connectivity index (χ0v) is 21.2. The third-order valence-electron chi connectivity index (χ3n) is 5.09. The summed E-state index contributed by atoms with van der Waals surface area (Å²) < 4.78 is 16.2. The highest BCUT2D eigenvalue weighted by molar-refractivity contribution is 6.39. The summed E-state index contributed by atoms with van der Waals surface area (Å²) in [5.74, 6) is 0.750. The molecule has 1 amide bonds. The molecule has 1 heterocycles. The van der Waals surface area contributed by atoms with E-state index in [1.807, 2.05) is 26.0 Å². The summed E-state index contributed by atoms with van der Waals surface area (Å²) >= 11 is 12.8. The Morgan fingerprint density at radius 1 is 1.11 bits per heavy atom. The van der Waals surface area contributed by atoms with Crippen LogP contribution in [0.25, 0.3) is 17.3 Å². The van der Waals surface area contributed by atoms with Crippen molar-refractivity contribution < 1.29 is 23.6 Å². The van der Waals surface area contributed by atoms with E-state index in [-0.39, 0.29) is 37.4 Å². The van der Waals surface area contributed by atoms with Crippen molar-refractivity contribution in [1.82, 2.24) is 10.5 Å². The van der Waals surface area contributed by atoms with Crippen molar-refractivity contribution in [3.63, 3.8) is 0 Å². The molecule has 0 spiro atoms. The van der Waals surface area contributed by atoms with Gasteiger partial charge in [0.25, 0.3) is 0 Å². The van der Waals surface area contributed by atoms with Crippen LogP contribution in [0, 0.1) is 0 Å². The molecule has 3 aromatic rings. The van der Waals surface area contributed by atoms with E-state index in [0.29, 0.717) is 32.8 Å². The van der Waals surface area contributed by atoms with Gasteiger partial charge in [-0.2, -0.15) is 0 Å². The number of carbonyl (C=O) groups excluding carboxylic acids is 2. The molecule has 35 heavy (non-hydrogen) atoms. The summed E-state index contributed by atoms with van der Waals surface area (Å²) in [5.41, 5.74) is 2.76. The van der Waals surface area contributed by atoms with Crippen LogP contribution in [0.2, 0.25) is 10.0 Å². The Morgan fingerprint density at radius 2 is 1.80 bits per heavy atom. The number of carbonyl (C=O) groups is 2. The van der Waals surface area contributed by atoms with Crippen molar-refractivity contribution in [2.45, 2.75) is 32.8 Å². The second-order valence-electron chi connectivity index (χ2n) is 7.93. The zero-order valence-electron chi connectivity index (χ0n) is 19.6. The Morgan fingerprint density at radius 3 is 2.43 bits per heavy atom. The van der Waals surface area contributed by atoms with Crippen LogP contribution < -0.4 is 10.1 Å². The van der Waals surface area contributed by atoms with E-state index in [2.05, 4.69) is 15.2 Å². The lowest BCUT2D eigenvalue weighted by Crippen LogP contribution is -2.24. The number of hydrogen-bond donors (Lipinski definition) is 1. The highest BCUT2D eigenvalue weighted by Crippen LogP contribution is 2.38. The van der Waals surface area contributed by atoms with Crippen LogP contribution >= 0.6 is 23.2 Å². The maximum Gasteiger partial charge on any atom is 0.307 e. The SMILES string of the molecule is COC(=O)CCNC(=O)/C=C/c1ccc(OCc2c(-c3c(Cl)cccc3Cl)noc2C(C)C)cc1. The smallest absolute Gasteiger partial charge is 0.307 e. The lowest BCUT2D eigenvalue weighted by atomic mass is 10.0. The summed E-state index contributed by atoms with van der Waals surface area (Å²) in [7, 11) is 1.31. The van der Waals surface area contributed by atoms with Crippen LogP contribution in [0.4, 0.5) is 0 Å². The molecule has 0 aliphatic carbocycles. The predicted molar refractivity (Wildman–Crippen MR) is 135 cm³/mol. The lowest BCUT2D eigenvalue weighted by Gasteiger charge is -2.11. The standard InChI is InChI=1S/C26H26Cl2N2O5/c1-16(2)26-19(25(30-35-26)24-20(27)5-4-6-21(24)28)15-34-18-10-7-17(8-11-18)9-12-22(31)29-14-13-23(32)33-3/h4-12,16H,13-15H2,1-3H3,(H,29,31)/b12-9+. The second-order valence-corrected chi connectivity index (χ2v) is 8.75. The largest absolute Gasteiger partial charge is 0.489 e. The first-order valence-corrected chi connectivity index (χ1v) is 11.7. The van der Waals surface area contributed by atoms with E-state index in [9.17, 15) is 9.59 Å². The predicted octanol–water partition coefficient (Wildman–Crippen LogP) is 6.04. The fraction of sp³-hybridized carbons (Fsp3) is 0.269. The van der Waals surface area contributed by atoms with Gasteiger partial charge in [-0.25, -0.2) is 0 Å². The van der Waals surface area contributed by atoms with E-state index in [1.165, 1.54) is 13.2 Å². The average Bonchev–Trinajstić information content (AvgIpc) is 3.25. The van der Waals surface area contributed by atoms with Crippen molar-refractivity contribution in [3.8, 4) is 17.0 Å². The number of rotatable bonds is 10. The highest BCUT2D eigenvalue weighted by Gasteiger charge is 2.23. The van der Waals surface area contributed by atoms with Crippen molar-refractivity contribution in [2.24, 2.45) is 0 Å². The number of esters is 1. The summed E-state index contributed by atoms with van der Waals surface area (Å²) in [6.07, 6.45) is 3.20. The molecule has 0 saturated heterocycles. The van der Waals surface area contributed by atoms with Crippen LogP contribution in [0.3, 0.4) is 0 Å². The van der Waals surface area contributed by atoms with Gasteiger partial charge in [-0.05, 0) is 35.9 Å². The topological polar surface area (TPSA) is 90.7 Å². The van der Waals surface area contributed by atoms with Gasteiger partial charge in [-0.1, -0.05) is 60.4 Å². The molecule has 0 bridgehead atoms. The van der Waals surface area contributed by atoms with Crippen LogP contribution in [-0.2, 0) is 20.9 Å². The van der Waals surface area contributed by atoms with Gasteiger partial charge in [-0.3, -0.25) is 9.59 Å². The first-order chi connectivity index (χ1) is 16.8. The van der Waals surface area contributed by atoms with E-state index >= 15 is 0 Å². The molecule has 0 fully saturated rings. The molecule has 0 atom stereocenters. The number of methoxy groups -OCH3 is 1. The third kappa shape index (κ3) is 7.10. The minimum absolute atomic E-state index is 0.0855. The Bertz CT molecular complexity index is 1180. The normalized spacial score (nSPS) is 11.1. The number of benzene rings is 2. The Labute approximate surface area is 214 Å². The summed E-state index contributed by atoms with van der Waals surface area (Å²) in [5, 5.41) is 7.82. The first-order valence-electron chi connectivity index (χ1n) is 11.0. The molecule has 1 aromatic heterocycles. The minimum Gasteiger partial charge on any atom is -0.489 e. The second kappa shape index (κ2) is 12.4. The molecule has 3 rings (SSSR count). The molecule has 0 unspecified atom stereocenters. The fourth-order valence-electron chi connectivity index (χ4n) is 3.29. The van der Waals surface area contributed by atoms with E-state index in [1.54, 1.807) is 36.4 Å². The van der Waals surface area contributed by atoms with Gasteiger partial charge in [0.1, 0.15) is 23.8 Å². The van der Waals surface area contributed by atoms with Crippen molar-refractivity contribution in [2.75, 3.05) is 13.7 Å². The number of amides is 1. The van der Waals surface area contributed by atoms with Gasteiger partial charge >= 0.3 is 5.97 Å². The van der Waals surface area contributed by atoms with Crippen LogP contribution in [-0.4, -0.2) is 30.7 Å². The molecule has 0 radical (unpaired) electrons. The number of aromatic nitrogens is 1. The van der Waals surface area contributed by atoms with Gasteiger partial charge in [-0.15, -0.1) is 0 Å². The zero-order chi connectivity index (χ0) is 25.4. The Balaban J connectivity index is 1.67. The van der Waals surface area contributed by atoms with Gasteiger partial charge in [0.05, 0.1) is 29.1 Å². The summed E-state index contributed by atoms with van der Waals surface area (Å²) in [6.45, 7) is 4.44. The maximum absolute atomic E-state index is 11.9. The van der Waals surface area contributed by atoms with Gasteiger partial charge in [0, 0.05) is 24.1 Å². The number of hydrogen-bond acceptors (Lipinski definition) is 6. The molecule has 7 nitrogen and oxygen atoms in total. The van der Waals surface area contributed by atoms with Gasteiger partial charge < -0.3 is 19.3 Å². The van der Waals surface area contributed by atoms with Gasteiger partial charge in [0.15, 0.2) is 0 Å². The molecular weight excluding hydrogens is 491 g/mol. The molecular formula is C26H26Cl2N2O5. The summed E-state index contributed by atoms with van der Waals surface area (Å²) in [4.78, 5) is 22.9. The van der Waals surface area contributed by atoms with Crippen molar-refractivity contribution >= 4 is 41.2 Å². The fourth-order valence-corrected chi connectivity index (χ4v) is 3.86. The lowest BCUT2D eigenvalue weighted by molar-refractivity contribution is -0.140. The van der Waals surface area contributed by atoms with Crippen molar-refractivity contribution in [3.05, 3.63) is 75.5 Å². The molecule has 1 N–H and O–H groups in total. The Hall–Kier alpha value is -3.29. The monoisotopic (exact) mass is 516 g/mol. The van der Waals surface area contributed by atoms with Gasteiger partial charge in [0.2, 0.25) is 5.91 Å². The average molecular weight is 517 g/mol. The van der Waals surface area contributed by atoms with Crippen LogP contribution in [0.1, 0.15) is 43.1 Å².